The molecule has 2 nitrogen and oxygen atoms in total. The van der Waals surface area contributed by atoms with Crippen molar-refractivity contribution in [3.05, 3.63) is 0 Å². The average molecular weight is 162 g/mol. The molecule has 0 unspecified atom stereocenters. The number of fused-ring (bicyclic) bond motifs is 5. The number of rotatable bonds is 0. The minimum atomic E-state index is 0.185. The Labute approximate surface area is 72.9 Å². The number of hydrogen-bond donors (Lipinski definition) is 1. The summed E-state index contributed by atoms with van der Waals surface area (Å²) >= 11 is 0. The maximum Gasteiger partial charge on any atom is 0.0987 e. The summed E-state index contributed by atoms with van der Waals surface area (Å²) in [4.78, 5) is 0. The zero-order chi connectivity index (χ0) is 8.13. The van der Waals surface area contributed by atoms with E-state index in [4.69, 9.17) is 5.26 Å². The predicted octanol–water partition coefficient (Wildman–Crippen LogP) is 1.14. The molecule has 1 saturated heterocycles. The number of nitrogens with one attached hydrogen (secondary N) is 1. The normalized spacial score (nSPS) is 55.4. The molecule has 0 aromatic rings. The van der Waals surface area contributed by atoms with Crippen LogP contribution in [-0.4, -0.2) is 12.6 Å². The van der Waals surface area contributed by atoms with Crippen molar-refractivity contribution in [2.75, 3.05) is 6.54 Å². The third kappa shape index (κ3) is 0.682. The molecule has 0 amide bonds. The Morgan fingerprint density at radius 1 is 1.25 bits per heavy atom. The van der Waals surface area contributed by atoms with E-state index in [1.165, 1.54) is 19.3 Å². The molecule has 5 atom stereocenters. The quantitative estimate of drug-likeness (QED) is 0.580. The molecule has 2 saturated carbocycles. The SMILES string of the molecule is N#C[C@H]1NC[C@@H]2[C@@H]3CC[C@@H](C3)[C@@H]21. The second-order valence-corrected chi connectivity index (χ2v) is 4.59. The smallest absolute Gasteiger partial charge is 0.0987 e. The van der Waals surface area contributed by atoms with Crippen LogP contribution < -0.4 is 5.32 Å². The molecule has 0 aromatic carbocycles. The van der Waals surface area contributed by atoms with E-state index in [2.05, 4.69) is 11.4 Å². The Hall–Kier alpha value is -0.550. The zero-order valence-corrected chi connectivity index (χ0v) is 7.16. The number of hydrogen-bond acceptors (Lipinski definition) is 2. The fourth-order valence-corrected chi connectivity index (χ4v) is 3.81. The molecule has 3 fully saturated rings. The van der Waals surface area contributed by atoms with Crippen LogP contribution in [-0.2, 0) is 0 Å². The monoisotopic (exact) mass is 162 g/mol. The van der Waals surface area contributed by atoms with Gasteiger partial charge in [0.25, 0.3) is 0 Å². The van der Waals surface area contributed by atoms with Crippen molar-refractivity contribution in [3.63, 3.8) is 0 Å². The number of nitrogens with zero attached hydrogens (tertiary/aromatic N) is 1. The fourth-order valence-electron chi connectivity index (χ4n) is 3.81. The largest absolute Gasteiger partial charge is 0.301 e. The minimum Gasteiger partial charge on any atom is -0.301 e. The van der Waals surface area contributed by atoms with E-state index < -0.39 is 0 Å². The first-order valence-electron chi connectivity index (χ1n) is 5.03. The average Bonchev–Trinajstić information content (AvgIpc) is 2.76. The second kappa shape index (κ2) is 2.23. The first-order chi connectivity index (χ1) is 5.90. The Bertz CT molecular complexity index is 243. The van der Waals surface area contributed by atoms with Gasteiger partial charge in [0.15, 0.2) is 0 Å². The topological polar surface area (TPSA) is 35.8 Å². The van der Waals surface area contributed by atoms with Crippen LogP contribution in [0.1, 0.15) is 19.3 Å². The van der Waals surface area contributed by atoms with Crippen molar-refractivity contribution in [2.45, 2.75) is 25.3 Å². The van der Waals surface area contributed by atoms with Gasteiger partial charge in [0.2, 0.25) is 0 Å². The van der Waals surface area contributed by atoms with E-state index in [1.807, 2.05) is 0 Å². The van der Waals surface area contributed by atoms with Gasteiger partial charge in [-0.3, -0.25) is 0 Å². The van der Waals surface area contributed by atoms with Crippen molar-refractivity contribution in [2.24, 2.45) is 23.7 Å². The molecule has 1 aliphatic heterocycles. The van der Waals surface area contributed by atoms with Crippen molar-refractivity contribution < 1.29 is 0 Å². The summed E-state index contributed by atoms with van der Waals surface area (Å²) in [6.07, 6.45) is 4.26. The lowest BCUT2D eigenvalue weighted by atomic mass is 9.79. The molecule has 0 spiro atoms. The highest BCUT2D eigenvalue weighted by atomic mass is 15.0. The standard InChI is InChI=1S/C10H14N2/c11-4-9-10-7-2-1-6(3-7)8(10)5-12-9/h6-10,12H,1-3,5H2/t6-,7+,8-,9-,10+/m1/s1. The first kappa shape index (κ1) is 6.91. The molecule has 64 valence electrons. The zero-order valence-electron chi connectivity index (χ0n) is 7.16. The summed E-state index contributed by atoms with van der Waals surface area (Å²) < 4.78 is 0. The minimum absolute atomic E-state index is 0.185. The van der Waals surface area contributed by atoms with E-state index >= 15 is 0 Å². The summed E-state index contributed by atoms with van der Waals surface area (Å²) in [5, 5.41) is 12.3. The van der Waals surface area contributed by atoms with Gasteiger partial charge in [0.1, 0.15) is 0 Å². The molecular weight excluding hydrogens is 148 g/mol. The van der Waals surface area contributed by atoms with Crippen molar-refractivity contribution >= 4 is 0 Å². The predicted molar refractivity (Wildman–Crippen MR) is 45.2 cm³/mol. The van der Waals surface area contributed by atoms with Crippen molar-refractivity contribution in [3.8, 4) is 6.07 Å². The lowest BCUT2D eigenvalue weighted by molar-refractivity contribution is 0.265. The highest BCUT2D eigenvalue weighted by molar-refractivity contribution is 5.11. The van der Waals surface area contributed by atoms with Crippen LogP contribution in [0.2, 0.25) is 0 Å². The van der Waals surface area contributed by atoms with Gasteiger partial charge in [-0.2, -0.15) is 5.26 Å². The first-order valence-corrected chi connectivity index (χ1v) is 5.03. The third-order valence-corrected chi connectivity index (χ3v) is 4.26. The van der Waals surface area contributed by atoms with Crippen LogP contribution in [0.5, 0.6) is 0 Å². The molecule has 2 aliphatic carbocycles. The Morgan fingerprint density at radius 3 is 2.92 bits per heavy atom. The molecule has 2 heteroatoms. The van der Waals surface area contributed by atoms with Crippen LogP contribution in [0.25, 0.3) is 0 Å². The van der Waals surface area contributed by atoms with Crippen LogP contribution in [0, 0.1) is 35.0 Å². The lowest BCUT2D eigenvalue weighted by Gasteiger charge is -2.24. The highest BCUT2D eigenvalue weighted by Gasteiger charge is 2.53. The highest BCUT2D eigenvalue weighted by Crippen LogP contribution is 2.55. The van der Waals surface area contributed by atoms with Gasteiger partial charge in [-0.25, -0.2) is 0 Å². The van der Waals surface area contributed by atoms with Gasteiger partial charge < -0.3 is 5.32 Å². The van der Waals surface area contributed by atoms with Gasteiger partial charge in [-0.15, -0.1) is 0 Å². The van der Waals surface area contributed by atoms with E-state index in [1.54, 1.807) is 0 Å². The Morgan fingerprint density at radius 2 is 2.08 bits per heavy atom. The maximum absolute atomic E-state index is 8.93. The summed E-state index contributed by atoms with van der Waals surface area (Å²) in [6.45, 7) is 1.12. The molecule has 1 N–H and O–H groups in total. The molecule has 12 heavy (non-hydrogen) atoms. The molecule has 3 rings (SSSR count). The lowest BCUT2D eigenvalue weighted by Crippen LogP contribution is -2.29. The number of nitriles is 1. The summed E-state index contributed by atoms with van der Waals surface area (Å²) in [5.74, 6) is 3.42. The van der Waals surface area contributed by atoms with E-state index in [9.17, 15) is 0 Å². The molecule has 2 bridgehead atoms. The van der Waals surface area contributed by atoms with Crippen LogP contribution in [0.3, 0.4) is 0 Å². The summed E-state index contributed by atoms with van der Waals surface area (Å²) in [6, 6.07) is 2.59. The molecule has 0 radical (unpaired) electrons. The van der Waals surface area contributed by atoms with Crippen molar-refractivity contribution in [1.29, 1.82) is 5.26 Å². The fraction of sp³-hybridized carbons (Fsp3) is 0.900. The van der Waals surface area contributed by atoms with Gasteiger partial charge >= 0.3 is 0 Å². The van der Waals surface area contributed by atoms with Gasteiger partial charge in [0, 0.05) is 0 Å². The van der Waals surface area contributed by atoms with Crippen LogP contribution >= 0.6 is 0 Å². The molecule has 3 aliphatic rings. The second-order valence-electron chi connectivity index (χ2n) is 4.59. The Kier molecular flexibility index (Phi) is 1.29. The van der Waals surface area contributed by atoms with Crippen LogP contribution in [0.15, 0.2) is 0 Å². The van der Waals surface area contributed by atoms with Crippen molar-refractivity contribution in [1.82, 2.24) is 5.32 Å². The maximum atomic E-state index is 8.93. The molecule has 1 heterocycles. The summed E-state index contributed by atoms with van der Waals surface area (Å²) in [5.41, 5.74) is 0. The molecular formula is C10H14N2. The molecule has 0 aromatic heterocycles. The van der Waals surface area contributed by atoms with E-state index in [-0.39, 0.29) is 6.04 Å². The van der Waals surface area contributed by atoms with Gasteiger partial charge in [-0.1, -0.05) is 0 Å². The summed E-state index contributed by atoms with van der Waals surface area (Å²) in [7, 11) is 0. The van der Waals surface area contributed by atoms with E-state index in [0.29, 0.717) is 5.92 Å². The third-order valence-electron chi connectivity index (χ3n) is 4.26. The Balaban J connectivity index is 1.90. The van der Waals surface area contributed by atoms with E-state index in [0.717, 1.165) is 24.3 Å². The van der Waals surface area contributed by atoms with Crippen LogP contribution in [0.4, 0.5) is 0 Å². The van der Waals surface area contributed by atoms with Gasteiger partial charge in [-0.05, 0) is 49.5 Å². The van der Waals surface area contributed by atoms with Gasteiger partial charge in [0.05, 0.1) is 12.1 Å².